The zero-order valence-corrected chi connectivity index (χ0v) is 14.4. The number of ether oxygens (including phenoxy) is 2. The lowest BCUT2D eigenvalue weighted by molar-refractivity contribution is -0.123. The van der Waals surface area contributed by atoms with Gasteiger partial charge in [0.2, 0.25) is 0 Å². The van der Waals surface area contributed by atoms with Crippen molar-refractivity contribution in [3.8, 4) is 17.2 Å². The van der Waals surface area contributed by atoms with Crippen LogP contribution in [0.3, 0.4) is 0 Å². The first-order valence-corrected chi connectivity index (χ1v) is 8.31. The summed E-state index contributed by atoms with van der Waals surface area (Å²) >= 11 is 0. The summed E-state index contributed by atoms with van der Waals surface area (Å²) in [6.45, 7) is -0.228. The van der Waals surface area contributed by atoms with Crippen molar-refractivity contribution in [3.63, 3.8) is 0 Å². The second-order valence-electron chi connectivity index (χ2n) is 5.54. The molecule has 2 N–H and O–H groups in total. The highest BCUT2D eigenvalue weighted by molar-refractivity contribution is 5.95. The van der Waals surface area contributed by atoms with Crippen LogP contribution in [0.4, 0.5) is 0 Å². The van der Waals surface area contributed by atoms with E-state index in [4.69, 9.17) is 9.47 Å². The molecular formula is C21H18N2O4. The Balaban J connectivity index is 1.43. The number of hydrazine groups is 1. The molecule has 0 fully saturated rings. The molecule has 0 atom stereocenters. The molecule has 3 aromatic carbocycles. The molecule has 0 aliphatic carbocycles. The van der Waals surface area contributed by atoms with E-state index >= 15 is 0 Å². The molecule has 3 rings (SSSR count). The van der Waals surface area contributed by atoms with Crippen molar-refractivity contribution in [1.29, 1.82) is 0 Å². The number of carbonyl (C=O) groups is 2. The molecule has 0 saturated heterocycles. The number of carbonyl (C=O) groups excluding carboxylic acids is 2. The average Bonchev–Trinajstić information content (AvgIpc) is 2.73. The van der Waals surface area contributed by atoms with E-state index in [1.807, 2.05) is 30.3 Å². The molecule has 0 bridgehead atoms. The molecule has 0 saturated carbocycles. The number of hydrogen-bond acceptors (Lipinski definition) is 4. The van der Waals surface area contributed by atoms with Gasteiger partial charge < -0.3 is 9.47 Å². The van der Waals surface area contributed by atoms with Crippen LogP contribution in [0.5, 0.6) is 17.2 Å². The Hall–Kier alpha value is -3.80. The van der Waals surface area contributed by atoms with E-state index in [0.717, 1.165) is 5.75 Å². The van der Waals surface area contributed by atoms with Crippen LogP contribution in [-0.4, -0.2) is 18.4 Å². The van der Waals surface area contributed by atoms with Crippen LogP contribution < -0.4 is 20.3 Å². The number of para-hydroxylation sites is 1. The second kappa shape index (κ2) is 9.05. The van der Waals surface area contributed by atoms with E-state index in [1.54, 1.807) is 54.6 Å². The monoisotopic (exact) mass is 362 g/mol. The van der Waals surface area contributed by atoms with Crippen molar-refractivity contribution in [3.05, 3.63) is 90.5 Å². The topological polar surface area (TPSA) is 76.7 Å². The van der Waals surface area contributed by atoms with Gasteiger partial charge in [-0.05, 0) is 48.5 Å². The van der Waals surface area contributed by atoms with E-state index in [2.05, 4.69) is 10.9 Å². The Bertz CT molecular complexity index is 881. The summed E-state index contributed by atoms with van der Waals surface area (Å²) in [5.41, 5.74) is 5.09. The highest BCUT2D eigenvalue weighted by Crippen LogP contribution is 2.23. The lowest BCUT2D eigenvalue weighted by atomic mass is 10.2. The van der Waals surface area contributed by atoms with Crippen LogP contribution in [-0.2, 0) is 4.79 Å². The third kappa shape index (κ3) is 5.61. The van der Waals surface area contributed by atoms with E-state index in [-0.39, 0.29) is 6.61 Å². The number of nitrogens with one attached hydrogen (secondary N) is 2. The van der Waals surface area contributed by atoms with E-state index < -0.39 is 11.8 Å². The Morgan fingerprint density at radius 2 is 1.22 bits per heavy atom. The smallest absolute Gasteiger partial charge is 0.276 e. The van der Waals surface area contributed by atoms with Crippen LogP contribution in [0.1, 0.15) is 10.4 Å². The van der Waals surface area contributed by atoms with Gasteiger partial charge in [0.1, 0.15) is 17.2 Å². The van der Waals surface area contributed by atoms with Crippen molar-refractivity contribution >= 4 is 11.8 Å². The standard InChI is InChI=1S/C21H18N2O4/c24-20(22-23-21(25)16-7-3-1-4-8-16)15-26-17-11-13-19(14-12-17)27-18-9-5-2-6-10-18/h1-14H,15H2,(H,22,24)(H,23,25). The Morgan fingerprint density at radius 1 is 0.667 bits per heavy atom. The van der Waals surface area contributed by atoms with E-state index in [1.165, 1.54) is 0 Å². The largest absolute Gasteiger partial charge is 0.484 e. The Labute approximate surface area is 156 Å². The molecule has 27 heavy (non-hydrogen) atoms. The number of benzene rings is 3. The maximum Gasteiger partial charge on any atom is 0.276 e. The fourth-order valence-corrected chi connectivity index (χ4v) is 2.20. The predicted molar refractivity (Wildman–Crippen MR) is 101 cm³/mol. The van der Waals surface area contributed by atoms with Crippen LogP contribution in [0.2, 0.25) is 0 Å². The minimum absolute atomic E-state index is 0.228. The minimum Gasteiger partial charge on any atom is -0.484 e. The first-order chi connectivity index (χ1) is 13.2. The molecule has 3 aromatic rings. The van der Waals surface area contributed by atoms with Crippen molar-refractivity contribution in [2.75, 3.05) is 6.61 Å². The highest BCUT2D eigenvalue weighted by Gasteiger charge is 2.07. The molecule has 6 nitrogen and oxygen atoms in total. The molecule has 0 heterocycles. The molecule has 0 aliphatic rings. The summed E-state index contributed by atoms with van der Waals surface area (Å²) in [5, 5.41) is 0. The van der Waals surface area contributed by atoms with Crippen molar-refractivity contribution in [2.24, 2.45) is 0 Å². The molecule has 0 spiro atoms. The summed E-state index contributed by atoms with van der Waals surface area (Å²) in [4.78, 5) is 23.6. The van der Waals surface area contributed by atoms with Crippen LogP contribution in [0, 0.1) is 0 Å². The van der Waals surface area contributed by atoms with Gasteiger partial charge in [-0.3, -0.25) is 20.4 Å². The maximum atomic E-state index is 11.8. The number of amides is 2. The SMILES string of the molecule is O=C(COc1ccc(Oc2ccccc2)cc1)NNC(=O)c1ccccc1. The zero-order valence-electron chi connectivity index (χ0n) is 14.4. The van der Waals surface area contributed by atoms with Gasteiger partial charge in [-0.2, -0.15) is 0 Å². The first-order valence-electron chi connectivity index (χ1n) is 8.31. The molecule has 0 radical (unpaired) electrons. The molecule has 0 unspecified atom stereocenters. The summed E-state index contributed by atoms with van der Waals surface area (Å²) in [6.07, 6.45) is 0. The molecule has 0 aliphatic heterocycles. The third-order valence-corrected chi connectivity index (χ3v) is 3.52. The van der Waals surface area contributed by atoms with Gasteiger partial charge in [0, 0.05) is 5.56 Å². The molecular weight excluding hydrogens is 344 g/mol. The fourth-order valence-electron chi connectivity index (χ4n) is 2.20. The summed E-state index contributed by atoms with van der Waals surface area (Å²) in [7, 11) is 0. The predicted octanol–water partition coefficient (Wildman–Crippen LogP) is 3.32. The Morgan fingerprint density at radius 3 is 1.89 bits per heavy atom. The lowest BCUT2D eigenvalue weighted by Gasteiger charge is -2.10. The molecule has 2 amide bonds. The van der Waals surface area contributed by atoms with E-state index in [9.17, 15) is 9.59 Å². The van der Waals surface area contributed by atoms with Gasteiger partial charge in [0.25, 0.3) is 11.8 Å². The Kier molecular flexibility index (Phi) is 6.04. The van der Waals surface area contributed by atoms with Crippen molar-refractivity contribution < 1.29 is 19.1 Å². The summed E-state index contributed by atoms with van der Waals surface area (Å²) in [6, 6.07) is 24.9. The van der Waals surface area contributed by atoms with Gasteiger partial charge in [-0.15, -0.1) is 0 Å². The summed E-state index contributed by atoms with van der Waals surface area (Å²) < 4.78 is 11.1. The van der Waals surface area contributed by atoms with Crippen LogP contribution in [0.15, 0.2) is 84.9 Å². The second-order valence-corrected chi connectivity index (χ2v) is 5.54. The zero-order chi connectivity index (χ0) is 18.9. The fraction of sp³-hybridized carbons (Fsp3) is 0.0476. The number of hydrogen-bond donors (Lipinski definition) is 2. The maximum absolute atomic E-state index is 11.8. The highest BCUT2D eigenvalue weighted by atomic mass is 16.5. The third-order valence-electron chi connectivity index (χ3n) is 3.52. The quantitative estimate of drug-likeness (QED) is 0.660. The average molecular weight is 362 g/mol. The van der Waals surface area contributed by atoms with Crippen molar-refractivity contribution in [2.45, 2.75) is 0 Å². The molecule has 136 valence electrons. The molecule has 0 aromatic heterocycles. The van der Waals surface area contributed by atoms with Crippen molar-refractivity contribution in [1.82, 2.24) is 10.9 Å². The van der Waals surface area contributed by atoms with Crippen LogP contribution >= 0.6 is 0 Å². The van der Waals surface area contributed by atoms with Crippen LogP contribution in [0.25, 0.3) is 0 Å². The first kappa shape index (κ1) is 18.0. The van der Waals surface area contributed by atoms with Gasteiger partial charge in [0.15, 0.2) is 6.61 Å². The molecule has 6 heteroatoms. The van der Waals surface area contributed by atoms with E-state index in [0.29, 0.717) is 17.1 Å². The summed E-state index contributed by atoms with van der Waals surface area (Å²) in [5.74, 6) is 1.04. The van der Waals surface area contributed by atoms with Gasteiger partial charge in [0.05, 0.1) is 0 Å². The van der Waals surface area contributed by atoms with Gasteiger partial charge in [-0.1, -0.05) is 36.4 Å². The van der Waals surface area contributed by atoms with Gasteiger partial charge in [-0.25, -0.2) is 0 Å². The number of rotatable bonds is 6. The lowest BCUT2D eigenvalue weighted by Crippen LogP contribution is -2.43. The minimum atomic E-state index is -0.469. The normalized spacial score (nSPS) is 9.93. The van der Waals surface area contributed by atoms with Gasteiger partial charge >= 0.3 is 0 Å².